The van der Waals surface area contributed by atoms with Crippen molar-refractivity contribution >= 4 is 27.8 Å². The molecular formula is C13H16BrNO4. The van der Waals surface area contributed by atoms with Crippen LogP contribution in [0.3, 0.4) is 0 Å². The summed E-state index contributed by atoms with van der Waals surface area (Å²) in [4.78, 5) is 22.2. The monoisotopic (exact) mass is 329 g/mol. The summed E-state index contributed by atoms with van der Waals surface area (Å²) < 4.78 is 10.9. The number of carbonyl (C=O) groups is 2. The molecular weight excluding hydrogens is 314 g/mol. The third kappa shape index (κ3) is 6.81. The molecule has 1 rings (SSSR count). The summed E-state index contributed by atoms with van der Waals surface area (Å²) in [7, 11) is 1.30. The van der Waals surface area contributed by atoms with Crippen LogP contribution >= 0.6 is 15.9 Å². The average molecular weight is 330 g/mol. The van der Waals surface area contributed by atoms with Crippen molar-refractivity contribution in [3.8, 4) is 5.75 Å². The number of esters is 1. The van der Waals surface area contributed by atoms with Gasteiger partial charge < -0.3 is 14.8 Å². The first-order valence-corrected chi connectivity index (χ1v) is 6.63. The van der Waals surface area contributed by atoms with Gasteiger partial charge in [0.1, 0.15) is 12.4 Å². The van der Waals surface area contributed by atoms with E-state index >= 15 is 0 Å². The molecule has 0 aliphatic carbocycles. The number of amides is 1. The number of methoxy groups -OCH3 is 1. The summed E-state index contributed by atoms with van der Waals surface area (Å²) in [5.41, 5.74) is 0. The number of hydrogen-bond donors (Lipinski definition) is 1. The third-order valence-electron chi connectivity index (χ3n) is 2.29. The Morgan fingerprint density at radius 1 is 1.21 bits per heavy atom. The molecule has 19 heavy (non-hydrogen) atoms. The molecule has 0 aliphatic rings. The molecule has 0 unspecified atom stereocenters. The number of hydrogen-bond acceptors (Lipinski definition) is 4. The van der Waals surface area contributed by atoms with Gasteiger partial charge in [0.05, 0.1) is 20.1 Å². The Morgan fingerprint density at radius 3 is 2.53 bits per heavy atom. The van der Waals surface area contributed by atoms with Crippen molar-refractivity contribution in [1.29, 1.82) is 0 Å². The van der Waals surface area contributed by atoms with Crippen LogP contribution in [-0.2, 0) is 14.3 Å². The van der Waals surface area contributed by atoms with Gasteiger partial charge in [0.15, 0.2) is 0 Å². The fourth-order valence-corrected chi connectivity index (χ4v) is 1.56. The highest BCUT2D eigenvalue weighted by Crippen LogP contribution is 2.15. The second-order valence-electron chi connectivity index (χ2n) is 3.73. The van der Waals surface area contributed by atoms with Gasteiger partial charge in [0, 0.05) is 10.9 Å². The summed E-state index contributed by atoms with van der Waals surface area (Å²) >= 11 is 3.33. The molecule has 1 aromatic rings. The zero-order valence-corrected chi connectivity index (χ0v) is 12.2. The number of rotatable bonds is 7. The van der Waals surface area contributed by atoms with Crippen LogP contribution in [0.4, 0.5) is 0 Å². The van der Waals surface area contributed by atoms with Gasteiger partial charge in [-0.2, -0.15) is 0 Å². The number of ether oxygens (including phenoxy) is 2. The van der Waals surface area contributed by atoms with E-state index in [9.17, 15) is 9.59 Å². The Bertz CT molecular complexity index is 419. The molecule has 0 saturated heterocycles. The van der Waals surface area contributed by atoms with E-state index in [0.717, 1.165) is 10.2 Å². The van der Waals surface area contributed by atoms with E-state index < -0.39 is 0 Å². The zero-order valence-electron chi connectivity index (χ0n) is 10.6. The number of nitrogens with one attached hydrogen (secondary N) is 1. The van der Waals surface area contributed by atoms with E-state index in [2.05, 4.69) is 26.0 Å². The summed E-state index contributed by atoms with van der Waals surface area (Å²) in [6.45, 7) is 0.779. The van der Waals surface area contributed by atoms with Crippen LogP contribution in [0.2, 0.25) is 0 Å². The van der Waals surface area contributed by atoms with Crippen molar-refractivity contribution in [3.05, 3.63) is 28.7 Å². The quantitative estimate of drug-likeness (QED) is 0.613. The topological polar surface area (TPSA) is 64.6 Å². The number of halogens is 1. The second kappa shape index (κ2) is 8.53. The van der Waals surface area contributed by atoms with E-state index in [-0.39, 0.29) is 24.7 Å². The fourth-order valence-electron chi connectivity index (χ4n) is 1.30. The highest BCUT2D eigenvalue weighted by molar-refractivity contribution is 9.10. The van der Waals surface area contributed by atoms with Gasteiger partial charge in [-0.25, -0.2) is 0 Å². The van der Waals surface area contributed by atoms with E-state index in [1.165, 1.54) is 7.11 Å². The van der Waals surface area contributed by atoms with Crippen molar-refractivity contribution in [2.24, 2.45) is 0 Å². The first-order valence-electron chi connectivity index (χ1n) is 5.83. The molecule has 0 aliphatic heterocycles. The van der Waals surface area contributed by atoms with Gasteiger partial charge in [0.25, 0.3) is 0 Å². The Kier molecular flexibility index (Phi) is 6.95. The minimum atomic E-state index is -0.388. The highest BCUT2D eigenvalue weighted by Gasteiger charge is 2.05. The first kappa shape index (κ1) is 15.5. The predicted molar refractivity (Wildman–Crippen MR) is 73.9 cm³/mol. The van der Waals surface area contributed by atoms with E-state index in [0.29, 0.717) is 13.2 Å². The van der Waals surface area contributed by atoms with E-state index in [1.54, 1.807) is 0 Å². The number of carbonyl (C=O) groups excluding carboxylic acids is 2. The van der Waals surface area contributed by atoms with E-state index in [4.69, 9.17) is 4.74 Å². The van der Waals surface area contributed by atoms with Crippen LogP contribution < -0.4 is 10.1 Å². The van der Waals surface area contributed by atoms with Crippen LogP contribution in [0.25, 0.3) is 0 Å². The van der Waals surface area contributed by atoms with Crippen LogP contribution in [0.15, 0.2) is 28.7 Å². The summed E-state index contributed by atoms with van der Waals surface area (Å²) in [5, 5.41) is 2.66. The molecule has 0 radical (unpaired) electrons. The molecule has 1 amide bonds. The van der Waals surface area contributed by atoms with Crippen LogP contribution in [0.5, 0.6) is 5.75 Å². The molecule has 0 atom stereocenters. The molecule has 6 heteroatoms. The standard InChI is InChI=1S/C13H16BrNO4/c1-18-13(17)7-6-12(16)15-8-9-19-11-4-2-10(14)3-5-11/h2-5H,6-9H2,1H3,(H,15,16). The summed E-state index contributed by atoms with van der Waals surface area (Å²) in [6.07, 6.45) is 0.223. The lowest BCUT2D eigenvalue weighted by molar-refractivity contribution is -0.142. The normalized spacial score (nSPS) is 9.79. The average Bonchev–Trinajstić information content (AvgIpc) is 2.42. The van der Waals surface area contributed by atoms with Gasteiger partial charge in [-0.15, -0.1) is 0 Å². The molecule has 104 valence electrons. The minimum absolute atomic E-state index is 0.0932. The third-order valence-corrected chi connectivity index (χ3v) is 2.82. The van der Waals surface area contributed by atoms with Gasteiger partial charge in [-0.1, -0.05) is 15.9 Å². The van der Waals surface area contributed by atoms with Gasteiger partial charge in [0.2, 0.25) is 5.91 Å². The van der Waals surface area contributed by atoms with Crippen molar-refractivity contribution in [1.82, 2.24) is 5.32 Å². The van der Waals surface area contributed by atoms with Crippen molar-refractivity contribution in [2.45, 2.75) is 12.8 Å². The Labute approximate surface area is 120 Å². The van der Waals surface area contributed by atoms with Crippen LogP contribution in [0, 0.1) is 0 Å². The van der Waals surface area contributed by atoms with Crippen molar-refractivity contribution in [3.63, 3.8) is 0 Å². The first-order chi connectivity index (χ1) is 9.11. The maximum Gasteiger partial charge on any atom is 0.306 e. The van der Waals surface area contributed by atoms with Crippen LogP contribution in [-0.4, -0.2) is 32.1 Å². The smallest absolute Gasteiger partial charge is 0.306 e. The molecule has 0 heterocycles. The molecule has 0 aromatic heterocycles. The molecule has 0 fully saturated rings. The largest absolute Gasteiger partial charge is 0.492 e. The van der Waals surface area contributed by atoms with Gasteiger partial charge in [-0.05, 0) is 24.3 Å². The second-order valence-corrected chi connectivity index (χ2v) is 4.64. The summed E-state index contributed by atoms with van der Waals surface area (Å²) in [5.74, 6) is 0.165. The SMILES string of the molecule is COC(=O)CCC(=O)NCCOc1ccc(Br)cc1. The summed E-state index contributed by atoms with van der Waals surface area (Å²) in [6, 6.07) is 7.43. The molecule has 5 nitrogen and oxygen atoms in total. The number of benzene rings is 1. The molecule has 1 N–H and O–H groups in total. The molecule has 1 aromatic carbocycles. The fraction of sp³-hybridized carbons (Fsp3) is 0.385. The Morgan fingerprint density at radius 2 is 1.89 bits per heavy atom. The molecule has 0 saturated carbocycles. The molecule has 0 spiro atoms. The lowest BCUT2D eigenvalue weighted by Crippen LogP contribution is -2.28. The Hall–Kier alpha value is -1.56. The Balaban J connectivity index is 2.11. The predicted octanol–water partition coefficient (Wildman–Crippen LogP) is 1.90. The molecule has 0 bridgehead atoms. The van der Waals surface area contributed by atoms with Crippen molar-refractivity contribution in [2.75, 3.05) is 20.3 Å². The lowest BCUT2D eigenvalue weighted by atomic mass is 10.3. The van der Waals surface area contributed by atoms with Crippen LogP contribution in [0.1, 0.15) is 12.8 Å². The lowest BCUT2D eigenvalue weighted by Gasteiger charge is -2.07. The highest BCUT2D eigenvalue weighted by atomic mass is 79.9. The van der Waals surface area contributed by atoms with E-state index in [1.807, 2.05) is 24.3 Å². The maximum absolute atomic E-state index is 11.3. The zero-order chi connectivity index (χ0) is 14.1. The van der Waals surface area contributed by atoms with Crippen molar-refractivity contribution < 1.29 is 19.1 Å². The maximum atomic E-state index is 11.3. The van der Waals surface area contributed by atoms with Gasteiger partial charge >= 0.3 is 5.97 Å². The minimum Gasteiger partial charge on any atom is -0.492 e. The van der Waals surface area contributed by atoms with Gasteiger partial charge in [-0.3, -0.25) is 9.59 Å².